The number of hydrogen-bond acceptors (Lipinski definition) is 7. The summed E-state index contributed by atoms with van der Waals surface area (Å²) in [6.45, 7) is 0.426. The second kappa shape index (κ2) is 19.0. The van der Waals surface area contributed by atoms with Gasteiger partial charge in [-0.3, -0.25) is 14.4 Å². The van der Waals surface area contributed by atoms with Gasteiger partial charge in [0, 0.05) is 27.1 Å². The molecular weight excluding hydrogens is 785 g/mol. The lowest BCUT2D eigenvalue weighted by Gasteiger charge is -2.17. The molecule has 0 aliphatic heterocycles. The zero-order chi connectivity index (χ0) is 41.1. The Morgan fingerprint density at radius 3 is 2.08 bits per heavy atom. The van der Waals surface area contributed by atoms with Crippen LogP contribution in [0.25, 0.3) is 28.1 Å². The fraction of sp³-hybridized carbons (Fsp3) is 0.0400. The average molecular weight is 823 g/mol. The predicted molar refractivity (Wildman–Crippen MR) is 243 cm³/mol. The number of nitrogens with one attached hydrogen (secondary N) is 3. The lowest BCUT2D eigenvalue weighted by molar-refractivity contribution is -0.116. The maximum atomic E-state index is 13.9. The minimum Gasteiger partial charge on any atom is -0.489 e. The molecule has 8 nitrogen and oxygen atoms in total. The summed E-state index contributed by atoms with van der Waals surface area (Å²) in [7, 11) is 0. The van der Waals surface area contributed by atoms with E-state index in [1.54, 1.807) is 42.5 Å². The van der Waals surface area contributed by atoms with E-state index in [4.69, 9.17) is 9.72 Å². The number of hydrogen-bond donors (Lipinski definition) is 3. The highest BCUT2D eigenvalue weighted by Gasteiger charge is 2.24. The Kier molecular flexibility index (Phi) is 12.5. The van der Waals surface area contributed by atoms with Gasteiger partial charge >= 0.3 is 0 Å². The fourth-order valence-electron chi connectivity index (χ4n) is 6.35. The van der Waals surface area contributed by atoms with Crippen LogP contribution in [0.1, 0.15) is 32.3 Å². The molecule has 3 amide bonds. The first-order valence-corrected chi connectivity index (χ1v) is 20.9. The van der Waals surface area contributed by atoms with Crippen molar-refractivity contribution in [2.24, 2.45) is 0 Å². The third-order valence-corrected chi connectivity index (χ3v) is 11.5. The van der Waals surface area contributed by atoms with Crippen LogP contribution in [0.3, 0.4) is 0 Å². The molecule has 8 rings (SSSR count). The maximum Gasteiger partial charge on any atom is 0.272 e. The molecule has 0 bridgehead atoms. The number of carbonyl (C=O) groups is 3. The topological polar surface area (TPSA) is 109 Å². The molecule has 0 fully saturated rings. The van der Waals surface area contributed by atoms with Crippen molar-refractivity contribution in [3.63, 3.8) is 0 Å². The second-order valence-electron chi connectivity index (χ2n) is 13.7. The minimum absolute atomic E-state index is 0.0621. The van der Waals surface area contributed by atoms with Crippen molar-refractivity contribution >= 4 is 68.5 Å². The highest BCUT2D eigenvalue weighted by atomic mass is 32.2. The normalized spacial score (nSPS) is 11.7. The molecule has 3 N–H and O–H groups in total. The van der Waals surface area contributed by atoms with E-state index in [0.29, 0.717) is 34.3 Å². The summed E-state index contributed by atoms with van der Waals surface area (Å²) < 4.78 is 5.93. The van der Waals surface area contributed by atoms with Crippen LogP contribution in [0.4, 0.5) is 10.8 Å². The maximum absolute atomic E-state index is 13.9. The minimum atomic E-state index is -0.586. The number of benzene rings is 7. The first-order valence-electron chi connectivity index (χ1n) is 19.2. The first-order chi connectivity index (χ1) is 29.4. The Morgan fingerprint density at radius 1 is 0.683 bits per heavy atom. The van der Waals surface area contributed by atoms with Gasteiger partial charge in [0.05, 0.1) is 5.69 Å². The van der Waals surface area contributed by atoms with E-state index >= 15 is 0 Å². The Balaban J connectivity index is 0.956. The van der Waals surface area contributed by atoms with Crippen LogP contribution in [0, 0.1) is 0 Å². The smallest absolute Gasteiger partial charge is 0.272 e. The highest BCUT2D eigenvalue weighted by Crippen LogP contribution is 2.37. The molecule has 0 saturated carbocycles. The number of carbonyl (C=O) groups excluding carboxylic acids is 3. The van der Waals surface area contributed by atoms with Crippen LogP contribution in [0.5, 0.6) is 5.75 Å². The molecule has 60 heavy (non-hydrogen) atoms. The van der Waals surface area contributed by atoms with Crippen molar-refractivity contribution in [2.45, 2.75) is 16.8 Å². The summed E-state index contributed by atoms with van der Waals surface area (Å²) in [5.74, 6) is -0.450. The standard InChI is InChI=1S/C50H38N4O4S2/c55-47(38-17-8-3-9-18-38)52-44(30-34-20-26-42(27-21-34)58-32-35-12-4-1-5-13-35)48(56)51-41-24-28-43(29-25-41)60-46(37-15-6-2-7-16-37)49(57)54-50-53-45(33-59-50)40-23-22-36-14-10-11-19-39(36)31-40/h1-31,33,46H,32H2,(H,51,56)(H,52,55)(H,53,54,57)/b44-30-. The van der Waals surface area contributed by atoms with Gasteiger partial charge in [0.25, 0.3) is 11.8 Å². The summed E-state index contributed by atoms with van der Waals surface area (Å²) in [6.07, 6.45) is 1.62. The zero-order valence-electron chi connectivity index (χ0n) is 32.2. The number of nitrogens with zero attached hydrogens (tertiary/aromatic N) is 1. The van der Waals surface area contributed by atoms with E-state index in [1.807, 2.05) is 127 Å². The average Bonchev–Trinajstić information content (AvgIpc) is 3.77. The molecule has 8 aromatic rings. The third kappa shape index (κ3) is 10.2. The molecule has 1 unspecified atom stereocenters. The molecule has 0 aliphatic rings. The molecule has 0 spiro atoms. The van der Waals surface area contributed by atoms with Crippen molar-refractivity contribution < 1.29 is 19.1 Å². The van der Waals surface area contributed by atoms with E-state index in [-0.39, 0.29) is 11.6 Å². The quantitative estimate of drug-likeness (QED) is 0.0744. The van der Waals surface area contributed by atoms with E-state index < -0.39 is 17.1 Å². The van der Waals surface area contributed by atoms with Crippen LogP contribution in [-0.2, 0) is 16.2 Å². The van der Waals surface area contributed by atoms with E-state index in [2.05, 4.69) is 40.2 Å². The summed E-state index contributed by atoms with van der Waals surface area (Å²) in [4.78, 5) is 46.5. The Morgan fingerprint density at radius 2 is 1.35 bits per heavy atom. The predicted octanol–water partition coefficient (Wildman–Crippen LogP) is 11.4. The van der Waals surface area contributed by atoms with Crippen molar-refractivity contribution in [1.29, 1.82) is 0 Å². The number of amides is 3. The van der Waals surface area contributed by atoms with Gasteiger partial charge in [-0.1, -0.05) is 127 Å². The summed E-state index contributed by atoms with van der Waals surface area (Å²) >= 11 is 2.77. The molecular formula is C50H38N4O4S2. The molecule has 1 aromatic heterocycles. The number of anilines is 2. The van der Waals surface area contributed by atoms with Crippen molar-refractivity contribution in [1.82, 2.24) is 10.3 Å². The second-order valence-corrected chi connectivity index (χ2v) is 15.7. The molecule has 1 atom stereocenters. The first kappa shape index (κ1) is 39.6. The molecule has 1 heterocycles. The Labute approximate surface area is 356 Å². The van der Waals surface area contributed by atoms with Crippen molar-refractivity contribution in [3.05, 3.63) is 215 Å². The lowest BCUT2D eigenvalue weighted by atomic mass is 10.1. The molecule has 0 aliphatic carbocycles. The largest absolute Gasteiger partial charge is 0.489 e. The third-order valence-electron chi connectivity index (χ3n) is 9.45. The zero-order valence-corrected chi connectivity index (χ0v) is 33.8. The van der Waals surface area contributed by atoms with E-state index in [1.165, 1.54) is 23.1 Å². The van der Waals surface area contributed by atoms with E-state index in [0.717, 1.165) is 38.1 Å². The van der Waals surface area contributed by atoms with Crippen LogP contribution in [0.15, 0.2) is 198 Å². The molecule has 294 valence electrons. The van der Waals surface area contributed by atoms with Gasteiger partial charge in [-0.25, -0.2) is 4.98 Å². The summed E-state index contributed by atoms with van der Waals surface area (Å²) in [5.41, 5.74) is 5.35. The monoisotopic (exact) mass is 822 g/mol. The van der Waals surface area contributed by atoms with Gasteiger partial charge in [0.15, 0.2) is 5.13 Å². The Bertz CT molecular complexity index is 2760. The summed E-state index contributed by atoms with van der Waals surface area (Å²) in [5, 5.41) is 12.9. The number of aromatic nitrogens is 1. The molecule has 0 saturated heterocycles. The fourth-order valence-corrected chi connectivity index (χ4v) is 8.09. The number of ether oxygens (including phenoxy) is 1. The summed E-state index contributed by atoms with van der Waals surface area (Å²) in [6, 6.07) is 57.1. The number of thioether (sulfide) groups is 1. The highest BCUT2D eigenvalue weighted by molar-refractivity contribution is 8.00. The van der Waals surface area contributed by atoms with Gasteiger partial charge in [-0.2, -0.15) is 0 Å². The van der Waals surface area contributed by atoms with Crippen LogP contribution in [-0.4, -0.2) is 22.7 Å². The van der Waals surface area contributed by atoms with Gasteiger partial charge in [-0.05, 0) is 88.1 Å². The van der Waals surface area contributed by atoms with Crippen molar-refractivity contribution in [3.8, 4) is 17.0 Å². The molecule has 10 heteroatoms. The number of rotatable bonds is 14. The van der Waals surface area contributed by atoms with Gasteiger partial charge in [-0.15, -0.1) is 23.1 Å². The lowest BCUT2D eigenvalue weighted by Crippen LogP contribution is -2.30. The van der Waals surface area contributed by atoms with Gasteiger partial charge in [0.2, 0.25) is 5.91 Å². The van der Waals surface area contributed by atoms with Crippen LogP contribution < -0.4 is 20.7 Å². The SMILES string of the molecule is O=C(Nc1ccc(SC(C(=O)Nc2nc(-c3ccc4ccccc4c3)cs2)c2ccccc2)cc1)/C(=C/c1ccc(OCc2ccccc2)cc1)NC(=O)c1ccccc1. The molecule has 7 aromatic carbocycles. The number of thiazole rings is 1. The van der Waals surface area contributed by atoms with Crippen molar-refractivity contribution in [2.75, 3.05) is 10.6 Å². The van der Waals surface area contributed by atoms with Gasteiger partial charge < -0.3 is 20.7 Å². The van der Waals surface area contributed by atoms with Crippen LogP contribution >= 0.6 is 23.1 Å². The van der Waals surface area contributed by atoms with Gasteiger partial charge in [0.1, 0.15) is 23.3 Å². The van der Waals surface area contributed by atoms with E-state index in [9.17, 15) is 14.4 Å². The molecule has 0 radical (unpaired) electrons. The Hall–Kier alpha value is -7.27. The van der Waals surface area contributed by atoms with Crippen LogP contribution in [0.2, 0.25) is 0 Å². The number of fused-ring (bicyclic) bond motifs is 1.